The number of hydrogen-bond donors (Lipinski definition) is 1. The van der Waals surface area contributed by atoms with Crippen LogP contribution in [0.5, 0.6) is 11.5 Å². The Morgan fingerprint density at radius 2 is 1.09 bits per heavy atom. The minimum Gasteiger partial charge on any atom is -0.497 e. The van der Waals surface area contributed by atoms with Crippen molar-refractivity contribution in [1.82, 2.24) is 0 Å². The molecule has 0 bridgehead atoms. The third-order valence-electron chi connectivity index (χ3n) is 3.85. The van der Waals surface area contributed by atoms with Crippen LogP contribution in [-0.2, 0) is 0 Å². The van der Waals surface area contributed by atoms with Gasteiger partial charge in [0.05, 0.1) is 14.2 Å². The van der Waals surface area contributed by atoms with E-state index in [0.29, 0.717) is 0 Å². The lowest BCUT2D eigenvalue weighted by Crippen LogP contribution is -1.91. The fraction of sp³-hybridized carbons (Fsp3) is 0.100. The van der Waals surface area contributed by atoms with Crippen LogP contribution in [0.15, 0.2) is 66.7 Å². The number of hydrogen-bond acceptors (Lipinski definition) is 3. The summed E-state index contributed by atoms with van der Waals surface area (Å²) in [5.41, 5.74) is 11.2. The van der Waals surface area contributed by atoms with Crippen LogP contribution in [0.2, 0.25) is 0 Å². The molecule has 0 aliphatic rings. The van der Waals surface area contributed by atoms with Gasteiger partial charge >= 0.3 is 0 Å². The molecule has 0 atom stereocenters. The van der Waals surface area contributed by atoms with Gasteiger partial charge < -0.3 is 15.2 Å². The Labute approximate surface area is 136 Å². The lowest BCUT2D eigenvalue weighted by molar-refractivity contribution is 0.414. The molecule has 0 saturated carbocycles. The highest BCUT2D eigenvalue weighted by Gasteiger charge is 2.09. The van der Waals surface area contributed by atoms with Crippen LogP contribution in [0.25, 0.3) is 22.3 Å². The second-order valence-electron chi connectivity index (χ2n) is 5.26. The monoisotopic (exact) mass is 305 g/mol. The summed E-state index contributed by atoms with van der Waals surface area (Å²) in [5, 5.41) is 0. The molecule has 116 valence electrons. The molecule has 3 aromatic carbocycles. The first kappa shape index (κ1) is 15.0. The van der Waals surface area contributed by atoms with Gasteiger partial charge in [0.2, 0.25) is 0 Å². The third-order valence-corrected chi connectivity index (χ3v) is 3.85. The van der Waals surface area contributed by atoms with Gasteiger partial charge in [-0.2, -0.15) is 0 Å². The van der Waals surface area contributed by atoms with E-state index < -0.39 is 0 Å². The first-order valence-corrected chi connectivity index (χ1v) is 7.39. The van der Waals surface area contributed by atoms with E-state index in [2.05, 4.69) is 18.2 Å². The number of rotatable bonds is 4. The van der Waals surface area contributed by atoms with Crippen LogP contribution in [0.3, 0.4) is 0 Å². The second-order valence-corrected chi connectivity index (χ2v) is 5.26. The van der Waals surface area contributed by atoms with E-state index in [9.17, 15) is 0 Å². The standard InChI is InChI=1S/C20H19NO2/c1-22-17-8-3-14(4-9-17)19-12-7-16(21)13-20(19)15-5-10-18(23-2)11-6-15/h3-13H,21H2,1-2H3. The largest absolute Gasteiger partial charge is 0.497 e. The molecular formula is C20H19NO2. The molecule has 0 aromatic heterocycles. The molecule has 0 aliphatic heterocycles. The summed E-state index contributed by atoms with van der Waals surface area (Å²) in [4.78, 5) is 0. The van der Waals surface area contributed by atoms with Gasteiger partial charge in [-0.1, -0.05) is 30.3 Å². The minimum atomic E-state index is 0.744. The van der Waals surface area contributed by atoms with Crippen LogP contribution in [0, 0.1) is 0 Å². The first-order valence-electron chi connectivity index (χ1n) is 7.39. The van der Waals surface area contributed by atoms with E-state index in [1.807, 2.05) is 48.5 Å². The maximum Gasteiger partial charge on any atom is 0.118 e. The minimum absolute atomic E-state index is 0.744. The maximum atomic E-state index is 6.00. The van der Waals surface area contributed by atoms with Gasteiger partial charge in [-0.15, -0.1) is 0 Å². The van der Waals surface area contributed by atoms with Gasteiger partial charge in [-0.05, 0) is 58.7 Å². The van der Waals surface area contributed by atoms with Crippen molar-refractivity contribution in [2.45, 2.75) is 0 Å². The molecule has 0 spiro atoms. The van der Waals surface area contributed by atoms with E-state index in [-0.39, 0.29) is 0 Å². The first-order chi connectivity index (χ1) is 11.2. The molecule has 0 saturated heterocycles. The molecule has 0 heterocycles. The predicted octanol–water partition coefficient (Wildman–Crippen LogP) is 4.62. The van der Waals surface area contributed by atoms with Gasteiger partial charge in [-0.3, -0.25) is 0 Å². The van der Waals surface area contributed by atoms with Gasteiger partial charge in [0.1, 0.15) is 11.5 Å². The third kappa shape index (κ3) is 3.14. The van der Waals surface area contributed by atoms with E-state index in [1.54, 1.807) is 14.2 Å². The molecule has 0 amide bonds. The van der Waals surface area contributed by atoms with Crippen molar-refractivity contribution in [2.24, 2.45) is 0 Å². The summed E-state index contributed by atoms with van der Waals surface area (Å²) in [7, 11) is 3.33. The van der Waals surface area contributed by atoms with E-state index in [0.717, 1.165) is 39.4 Å². The van der Waals surface area contributed by atoms with Crippen molar-refractivity contribution in [2.75, 3.05) is 20.0 Å². The molecule has 3 aromatic rings. The summed E-state index contributed by atoms with van der Waals surface area (Å²) in [5.74, 6) is 1.68. The molecular weight excluding hydrogens is 286 g/mol. The zero-order valence-electron chi connectivity index (χ0n) is 13.2. The molecule has 3 nitrogen and oxygen atoms in total. The average Bonchev–Trinajstić information content (AvgIpc) is 2.62. The van der Waals surface area contributed by atoms with E-state index in [1.165, 1.54) is 0 Å². The van der Waals surface area contributed by atoms with E-state index >= 15 is 0 Å². The van der Waals surface area contributed by atoms with Crippen molar-refractivity contribution in [3.63, 3.8) is 0 Å². The summed E-state index contributed by atoms with van der Waals surface area (Å²) >= 11 is 0. The summed E-state index contributed by atoms with van der Waals surface area (Å²) in [6.45, 7) is 0. The molecule has 0 aliphatic carbocycles. The fourth-order valence-electron chi connectivity index (χ4n) is 2.59. The topological polar surface area (TPSA) is 44.5 Å². The quantitative estimate of drug-likeness (QED) is 0.715. The summed E-state index contributed by atoms with van der Waals surface area (Å²) in [6, 6.07) is 22.0. The lowest BCUT2D eigenvalue weighted by atomic mass is 9.94. The van der Waals surface area contributed by atoms with Crippen LogP contribution >= 0.6 is 0 Å². The second kappa shape index (κ2) is 6.44. The fourth-order valence-corrected chi connectivity index (χ4v) is 2.59. The molecule has 3 rings (SSSR count). The Balaban J connectivity index is 2.09. The Kier molecular flexibility index (Phi) is 4.20. The van der Waals surface area contributed by atoms with Crippen molar-refractivity contribution < 1.29 is 9.47 Å². The highest BCUT2D eigenvalue weighted by molar-refractivity contribution is 5.85. The van der Waals surface area contributed by atoms with Gasteiger partial charge in [-0.25, -0.2) is 0 Å². The maximum absolute atomic E-state index is 6.00. The number of anilines is 1. The zero-order valence-corrected chi connectivity index (χ0v) is 13.2. The van der Waals surface area contributed by atoms with Gasteiger partial charge in [0.25, 0.3) is 0 Å². The van der Waals surface area contributed by atoms with E-state index in [4.69, 9.17) is 15.2 Å². The molecule has 0 fully saturated rings. The molecule has 23 heavy (non-hydrogen) atoms. The van der Waals surface area contributed by atoms with Crippen LogP contribution in [0.1, 0.15) is 0 Å². The van der Waals surface area contributed by atoms with Crippen molar-refractivity contribution >= 4 is 5.69 Å². The molecule has 3 heteroatoms. The highest BCUT2D eigenvalue weighted by Crippen LogP contribution is 2.35. The number of methoxy groups -OCH3 is 2. The molecule has 2 N–H and O–H groups in total. The van der Waals surface area contributed by atoms with Crippen LogP contribution < -0.4 is 15.2 Å². The number of ether oxygens (including phenoxy) is 2. The SMILES string of the molecule is COc1ccc(-c2ccc(N)cc2-c2ccc(OC)cc2)cc1. The Hall–Kier alpha value is -2.94. The summed E-state index contributed by atoms with van der Waals surface area (Å²) in [6.07, 6.45) is 0. The van der Waals surface area contributed by atoms with Crippen LogP contribution in [-0.4, -0.2) is 14.2 Å². The zero-order chi connectivity index (χ0) is 16.2. The van der Waals surface area contributed by atoms with Crippen molar-refractivity contribution in [3.05, 3.63) is 66.7 Å². The molecule has 0 unspecified atom stereocenters. The Bertz CT molecular complexity index is 793. The number of nitrogen functional groups attached to an aromatic ring is 1. The number of nitrogens with two attached hydrogens (primary N) is 1. The van der Waals surface area contributed by atoms with Gasteiger partial charge in [0, 0.05) is 5.69 Å². The predicted molar refractivity (Wildman–Crippen MR) is 94.8 cm³/mol. The highest BCUT2D eigenvalue weighted by atomic mass is 16.5. The van der Waals surface area contributed by atoms with Crippen LogP contribution in [0.4, 0.5) is 5.69 Å². The van der Waals surface area contributed by atoms with Crippen molar-refractivity contribution in [1.29, 1.82) is 0 Å². The smallest absolute Gasteiger partial charge is 0.118 e. The Morgan fingerprint density at radius 1 is 0.609 bits per heavy atom. The lowest BCUT2D eigenvalue weighted by Gasteiger charge is -2.12. The van der Waals surface area contributed by atoms with Gasteiger partial charge in [0.15, 0.2) is 0 Å². The number of benzene rings is 3. The normalized spacial score (nSPS) is 10.3. The molecule has 0 radical (unpaired) electrons. The average molecular weight is 305 g/mol. The van der Waals surface area contributed by atoms with Crippen molar-refractivity contribution in [3.8, 4) is 33.8 Å². The summed E-state index contributed by atoms with van der Waals surface area (Å²) < 4.78 is 10.5. The Morgan fingerprint density at radius 3 is 1.57 bits per heavy atom.